The number of carbonyl (C=O) groups excluding carboxylic acids is 2. The number of aromatic nitrogens is 4. The van der Waals surface area contributed by atoms with E-state index in [1.807, 2.05) is 19.1 Å². The van der Waals surface area contributed by atoms with Crippen LogP contribution in [0, 0.1) is 18.8 Å². The molecule has 2 atom stereocenters. The Kier molecular flexibility index (Phi) is 4.47. The fourth-order valence-corrected chi connectivity index (χ4v) is 6.83. The molecule has 8 heteroatoms. The van der Waals surface area contributed by atoms with Crippen LogP contribution in [0.15, 0.2) is 43.0 Å². The van der Waals surface area contributed by atoms with Crippen molar-refractivity contribution in [2.45, 2.75) is 56.5 Å². The molecule has 0 spiro atoms. The smallest absolute Gasteiger partial charge is 0.271 e. The summed E-state index contributed by atoms with van der Waals surface area (Å²) in [5, 5.41) is 7.58. The minimum Gasteiger partial charge on any atom is -0.345 e. The van der Waals surface area contributed by atoms with E-state index in [0.717, 1.165) is 48.7 Å². The van der Waals surface area contributed by atoms with Crippen molar-refractivity contribution in [2.75, 3.05) is 0 Å². The van der Waals surface area contributed by atoms with Gasteiger partial charge in [0, 0.05) is 35.1 Å². The summed E-state index contributed by atoms with van der Waals surface area (Å²) in [5.74, 6) is 0.651. The highest BCUT2D eigenvalue weighted by molar-refractivity contribution is 5.95. The van der Waals surface area contributed by atoms with Gasteiger partial charge >= 0.3 is 0 Å². The first-order chi connectivity index (χ1) is 15.9. The molecule has 2 N–H and O–H groups in total. The van der Waals surface area contributed by atoms with Crippen molar-refractivity contribution in [1.82, 2.24) is 30.6 Å². The average molecular weight is 443 g/mol. The molecule has 4 saturated carbocycles. The fraction of sp³-hybridized carbons (Fsp3) is 0.440. The summed E-state index contributed by atoms with van der Waals surface area (Å²) >= 11 is 0. The highest BCUT2D eigenvalue weighted by Crippen LogP contribution is 2.57. The molecule has 2 unspecified atom stereocenters. The van der Waals surface area contributed by atoms with E-state index >= 15 is 0 Å². The van der Waals surface area contributed by atoms with Gasteiger partial charge in [-0.15, -0.1) is 0 Å². The molecule has 3 aromatic heterocycles. The summed E-state index contributed by atoms with van der Waals surface area (Å²) in [4.78, 5) is 43.4. The number of pyridine rings is 2. The highest BCUT2D eigenvalue weighted by Gasteiger charge is 2.58. The molecule has 3 aromatic rings. The minimum absolute atomic E-state index is 0.151. The second-order valence-corrected chi connectivity index (χ2v) is 10.2. The molecule has 0 aromatic carbocycles. The van der Waals surface area contributed by atoms with Crippen molar-refractivity contribution < 1.29 is 9.59 Å². The number of rotatable bonds is 4. The molecule has 168 valence electrons. The van der Waals surface area contributed by atoms with E-state index in [1.165, 1.54) is 12.6 Å². The van der Waals surface area contributed by atoms with Gasteiger partial charge in [-0.1, -0.05) is 0 Å². The molecule has 2 amide bonds. The largest absolute Gasteiger partial charge is 0.345 e. The lowest BCUT2D eigenvalue weighted by molar-refractivity contribution is -0.0449. The zero-order valence-corrected chi connectivity index (χ0v) is 18.5. The van der Waals surface area contributed by atoms with Gasteiger partial charge in [0.1, 0.15) is 11.4 Å². The van der Waals surface area contributed by atoms with Crippen LogP contribution in [0.1, 0.15) is 65.2 Å². The molecule has 4 bridgehead atoms. The molecular weight excluding hydrogens is 416 g/mol. The number of aryl methyl sites for hydroxylation is 1. The fourth-order valence-electron chi connectivity index (χ4n) is 6.83. The van der Waals surface area contributed by atoms with E-state index in [9.17, 15) is 9.59 Å². The van der Waals surface area contributed by atoms with E-state index in [1.54, 1.807) is 24.7 Å². The molecule has 3 heterocycles. The number of carbonyl (C=O) groups is 2. The third kappa shape index (κ3) is 3.63. The van der Waals surface area contributed by atoms with Crippen LogP contribution in [0.5, 0.6) is 0 Å². The Bertz CT molecular complexity index is 1260. The standard InChI is InChI=1S/C25H26N6O2/c1-15-11-27-13-21(28-15)23(33)31-25-9-16-6-17(10-25)8-24(7-16,14-25)30-22(32)20-3-2-18-12-26-5-4-19(18)29-20/h2-5,11-13,16-17H,6-10,14H2,1H3,(H,30,32)(H,31,33). The lowest BCUT2D eigenvalue weighted by Gasteiger charge is -2.62. The first kappa shape index (κ1) is 20.2. The van der Waals surface area contributed by atoms with E-state index in [0.29, 0.717) is 23.2 Å². The molecule has 4 fully saturated rings. The number of hydrogen-bond donors (Lipinski definition) is 2. The maximum Gasteiger partial charge on any atom is 0.271 e. The van der Waals surface area contributed by atoms with Crippen LogP contribution < -0.4 is 10.6 Å². The van der Waals surface area contributed by atoms with Gasteiger partial charge in [-0.3, -0.25) is 19.6 Å². The second-order valence-electron chi connectivity index (χ2n) is 10.2. The molecule has 7 rings (SSSR count). The summed E-state index contributed by atoms with van der Waals surface area (Å²) in [7, 11) is 0. The summed E-state index contributed by atoms with van der Waals surface area (Å²) in [6.07, 6.45) is 12.3. The predicted molar refractivity (Wildman–Crippen MR) is 121 cm³/mol. The Balaban J connectivity index is 1.25. The van der Waals surface area contributed by atoms with Gasteiger partial charge in [0.2, 0.25) is 0 Å². The van der Waals surface area contributed by atoms with Crippen molar-refractivity contribution in [3.63, 3.8) is 0 Å². The van der Waals surface area contributed by atoms with Crippen molar-refractivity contribution in [2.24, 2.45) is 11.8 Å². The van der Waals surface area contributed by atoms with Gasteiger partial charge in [0.15, 0.2) is 0 Å². The average Bonchev–Trinajstić information content (AvgIpc) is 2.77. The molecule has 33 heavy (non-hydrogen) atoms. The maximum atomic E-state index is 13.3. The Hall–Kier alpha value is -3.42. The van der Waals surface area contributed by atoms with Gasteiger partial charge in [-0.05, 0) is 75.5 Å². The number of hydrogen-bond acceptors (Lipinski definition) is 6. The molecule has 4 aliphatic rings. The molecule has 4 aliphatic carbocycles. The molecule has 0 aliphatic heterocycles. The zero-order valence-electron chi connectivity index (χ0n) is 18.5. The Morgan fingerprint density at radius 1 is 0.848 bits per heavy atom. The third-order valence-electron chi connectivity index (χ3n) is 7.53. The van der Waals surface area contributed by atoms with Gasteiger partial charge in [-0.25, -0.2) is 9.97 Å². The summed E-state index contributed by atoms with van der Waals surface area (Å²) in [5.41, 5.74) is 1.60. The van der Waals surface area contributed by atoms with E-state index in [2.05, 4.69) is 30.6 Å². The first-order valence-electron chi connectivity index (χ1n) is 11.6. The quantitative estimate of drug-likeness (QED) is 0.643. The SMILES string of the molecule is Cc1cncc(C(=O)NC23CC4CC(C2)CC(NC(=O)c2ccc5cnccc5n2)(C4)C3)n1. The third-order valence-corrected chi connectivity index (χ3v) is 7.53. The Morgan fingerprint density at radius 3 is 2.24 bits per heavy atom. The van der Waals surface area contributed by atoms with Crippen LogP contribution in [0.2, 0.25) is 0 Å². The summed E-state index contributed by atoms with van der Waals surface area (Å²) in [6, 6.07) is 5.46. The Labute approximate surface area is 191 Å². The molecule has 0 radical (unpaired) electrons. The minimum atomic E-state index is -0.318. The normalized spacial score (nSPS) is 29.7. The summed E-state index contributed by atoms with van der Waals surface area (Å²) < 4.78 is 0. The summed E-state index contributed by atoms with van der Waals surface area (Å²) in [6.45, 7) is 1.83. The van der Waals surface area contributed by atoms with Crippen molar-refractivity contribution in [3.8, 4) is 0 Å². The Morgan fingerprint density at radius 2 is 1.55 bits per heavy atom. The van der Waals surface area contributed by atoms with E-state index in [4.69, 9.17) is 0 Å². The molecular formula is C25H26N6O2. The zero-order chi connectivity index (χ0) is 22.6. The molecule has 0 saturated heterocycles. The second kappa shape index (κ2) is 7.30. The van der Waals surface area contributed by atoms with Crippen LogP contribution in [-0.2, 0) is 0 Å². The number of fused-ring (bicyclic) bond motifs is 1. The van der Waals surface area contributed by atoms with Crippen molar-refractivity contribution in [3.05, 3.63) is 60.1 Å². The predicted octanol–water partition coefficient (Wildman–Crippen LogP) is 2.98. The monoisotopic (exact) mass is 442 g/mol. The highest BCUT2D eigenvalue weighted by atomic mass is 16.2. The van der Waals surface area contributed by atoms with Crippen LogP contribution in [0.3, 0.4) is 0 Å². The van der Waals surface area contributed by atoms with Crippen LogP contribution >= 0.6 is 0 Å². The van der Waals surface area contributed by atoms with Crippen LogP contribution in [0.4, 0.5) is 0 Å². The maximum absolute atomic E-state index is 13.3. The first-order valence-corrected chi connectivity index (χ1v) is 11.6. The van der Waals surface area contributed by atoms with E-state index in [-0.39, 0.29) is 22.9 Å². The lowest BCUT2D eigenvalue weighted by atomic mass is 9.49. The van der Waals surface area contributed by atoms with Gasteiger partial charge < -0.3 is 10.6 Å². The van der Waals surface area contributed by atoms with Gasteiger partial charge in [0.05, 0.1) is 17.4 Å². The number of amides is 2. The van der Waals surface area contributed by atoms with Crippen LogP contribution in [-0.4, -0.2) is 42.8 Å². The molecule has 8 nitrogen and oxygen atoms in total. The topological polar surface area (TPSA) is 110 Å². The lowest BCUT2D eigenvalue weighted by Crippen LogP contribution is -2.70. The van der Waals surface area contributed by atoms with Gasteiger partial charge in [-0.2, -0.15) is 0 Å². The van der Waals surface area contributed by atoms with Crippen molar-refractivity contribution >= 4 is 22.7 Å². The van der Waals surface area contributed by atoms with E-state index < -0.39 is 0 Å². The van der Waals surface area contributed by atoms with Crippen molar-refractivity contribution in [1.29, 1.82) is 0 Å². The number of nitrogens with zero attached hydrogens (tertiary/aromatic N) is 4. The van der Waals surface area contributed by atoms with Gasteiger partial charge in [0.25, 0.3) is 11.8 Å². The van der Waals surface area contributed by atoms with Crippen LogP contribution in [0.25, 0.3) is 10.9 Å². The number of nitrogens with one attached hydrogen (secondary N) is 2.